The fourth-order valence-electron chi connectivity index (χ4n) is 1.54. The lowest BCUT2D eigenvalue weighted by Crippen LogP contribution is -2.02. The number of hydrogen-bond donors (Lipinski definition) is 0. The number of carbonyl (C=O) groups excluding carboxylic acids is 1. The van der Waals surface area contributed by atoms with E-state index < -0.39 is 0 Å². The second-order valence-corrected chi connectivity index (χ2v) is 3.85. The Kier molecular flexibility index (Phi) is 2.44. The lowest BCUT2D eigenvalue weighted by molar-refractivity contribution is -0.118. The van der Waals surface area contributed by atoms with Gasteiger partial charge in [0.15, 0.2) is 0 Å². The molecule has 1 aromatic rings. The topological polar surface area (TPSA) is 17.1 Å². The average molecular weight is 174 g/mol. The molecule has 0 N–H and O–H groups in total. The summed E-state index contributed by atoms with van der Waals surface area (Å²) in [5, 5.41) is 0. The molecule has 0 unspecified atom stereocenters. The molecule has 0 heterocycles. The van der Waals surface area contributed by atoms with Crippen molar-refractivity contribution in [2.24, 2.45) is 5.92 Å². The summed E-state index contributed by atoms with van der Waals surface area (Å²) >= 11 is 0. The summed E-state index contributed by atoms with van der Waals surface area (Å²) in [6, 6.07) is 9.99. The van der Waals surface area contributed by atoms with Gasteiger partial charge in [-0.1, -0.05) is 30.3 Å². The van der Waals surface area contributed by atoms with Gasteiger partial charge in [0.1, 0.15) is 5.78 Å². The third-order valence-corrected chi connectivity index (χ3v) is 2.46. The zero-order valence-electron chi connectivity index (χ0n) is 7.70. The zero-order chi connectivity index (χ0) is 9.10. The number of Topliss-reactive ketones (excluding diaryl/α,β-unsaturated/α-hetero) is 1. The highest BCUT2D eigenvalue weighted by atomic mass is 16.1. The van der Waals surface area contributed by atoms with E-state index >= 15 is 0 Å². The normalized spacial score (nSPS) is 15.7. The average Bonchev–Trinajstić information content (AvgIpc) is 2.90. The Labute approximate surface area is 78.8 Å². The Morgan fingerprint density at radius 3 is 2.54 bits per heavy atom. The van der Waals surface area contributed by atoms with Crippen LogP contribution in [0.2, 0.25) is 0 Å². The highest BCUT2D eigenvalue weighted by molar-refractivity contribution is 5.81. The largest absolute Gasteiger partial charge is 0.299 e. The van der Waals surface area contributed by atoms with Crippen molar-refractivity contribution in [3.63, 3.8) is 0 Å². The predicted molar refractivity (Wildman–Crippen MR) is 52.5 cm³/mol. The summed E-state index contributed by atoms with van der Waals surface area (Å²) < 4.78 is 0. The van der Waals surface area contributed by atoms with Crippen LogP contribution in [0.3, 0.4) is 0 Å². The third-order valence-electron chi connectivity index (χ3n) is 2.46. The van der Waals surface area contributed by atoms with Crippen molar-refractivity contribution >= 4 is 5.78 Å². The molecule has 68 valence electrons. The Bertz CT molecular complexity index is 285. The van der Waals surface area contributed by atoms with Crippen LogP contribution in [0.15, 0.2) is 30.3 Å². The fourth-order valence-corrected chi connectivity index (χ4v) is 1.54. The van der Waals surface area contributed by atoms with Crippen LogP contribution in [0.1, 0.15) is 24.8 Å². The Morgan fingerprint density at radius 1 is 1.23 bits per heavy atom. The lowest BCUT2D eigenvalue weighted by atomic mass is 10.1. The van der Waals surface area contributed by atoms with E-state index in [0.717, 1.165) is 17.9 Å². The van der Waals surface area contributed by atoms with Crippen LogP contribution < -0.4 is 0 Å². The molecule has 1 aliphatic rings. The first-order chi connectivity index (χ1) is 6.34. The first kappa shape index (κ1) is 8.49. The van der Waals surface area contributed by atoms with Gasteiger partial charge in [-0.05, 0) is 24.3 Å². The molecular formula is C12H14O. The van der Waals surface area contributed by atoms with Gasteiger partial charge in [0.25, 0.3) is 0 Å². The van der Waals surface area contributed by atoms with Crippen LogP contribution in [0.5, 0.6) is 0 Å². The molecule has 0 saturated heterocycles. The first-order valence-electron chi connectivity index (χ1n) is 4.90. The van der Waals surface area contributed by atoms with Crippen molar-refractivity contribution < 1.29 is 4.79 Å². The van der Waals surface area contributed by atoms with Crippen LogP contribution in [-0.2, 0) is 11.2 Å². The summed E-state index contributed by atoms with van der Waals surface area (Å²) in [5.41, 5.74) is 1.15. The minimum absolute atomic E-state index is 0.397. The molecule has 0 radical (unpaired) electrons. The number of hydrogen-bond acceptors (Lipinski definition) is 1. The van der Waals surface area contributed by atoms with Gasteiger partial charge < -0.3 is 0 Å². The van der Waals surface area contributed by atoms with Gasteiger partial charge in [0, 0.05) is 12.8 Å². The molecule has 1 aromatic carbocycles. The van der Waals surface area contributed by atoms with Gasteiger partial charge in [-0.25, -0.2) is 0 Å². The molecule has 1 fully saturated rings. The van der Waals surface area contributed by atoms with Crippen molar-refractivity contribution in [3.8, 4) is 0 Å². The van der Waals surface area contributed by atoms with Gasteiger partial charge in [0.2, 0.25) is 0 Å². The molecule has 1 aliphatic carbocycles. The van der Waals surface area contributed by atoms with E-state index in [9.17, 15) is 4.79 Å². The Hall–Kier alpha value is -1.11. The summed E-state index contributed by atoms with van der Waals surface area (Å²) in [5.74, 6) is 1.12. The van der Waals surface area contributed by atoms with Crippen molar-refractivity contribution in [1.29, 1.82) is 0 Å². The lowest BCUT2D eigenvalue weighted by Gasteiger charge is -1.98. The van der Waals surface area contributed by atoms with Crippen LogP contribution in [-0.4, -0.2) is 5.78 Å². The molecule has 0 aromatic heterocycles. The second-order valence-electron chi connectivity index (χ2n) is 3.85. The van der Waals surface area contributed by atoms with Gasteiger partial charge >= 0.3 is 0 Å². The molecule has 0 amide bonds. The molecule has 0 spiro atoms. The van der Waals surface area contributed by atoms with Gasteiger partial charge in [-0.3, -0.25) is 4.79 Å². The van der Waals surface area contributed by atoms with Crippen molar-refractivity contribution in [3.05, 3.63) is 35.9 Å². The van der Waals surface area contributed by atoms with E-state index in [2.05, 4.69) is 0 Å². The van der Waals surface area contributed by atoms with Crippen LogP contribution in [0.4, 0.5) is 0 Å². The van der Waals surface area contributed by atoms with Crippen LogP contribution >= 0.6 is 0 Å². The van der Waals surface area contributed by atoms with E-state index in [4.69, 9.17) is 0 Å². The number of carbonyl (C=O) groups is 1. The number of ketones is 1. The predicted octanol–water partition coefficient (Wildman–Crippen LogP) is 2.60. The molecule has 2 rings (SSSR count). The molecule has 1 saturated carbocycles. The zero-order valence-corrected chi connectivity index (χ0v) is 7.70. The Balaban J connectivity index is 1.86. The molecule has 13 heavy (non-hydrogen) atoms. The maximum Gasteiger partial charge on any atom is 0.137 e. The summed E-state index contributed by atoms with van der Waals surface area (Å²) in [7, 11) is 0. The standard InChI is InChI=1S/C12H14O/c13-12(9-11-6-7-11)8-10-4-2-1-3-5-10/h1-5,11H,6-9H2. The SMILES string of the molecule is O=C(Cc1ccccc1)CC1CC1. The third kappa shape index (κ3) is 2.69. The van der Waals surface area contributed by atoms with E-state index in [0.29, 0.717) is 12.2 Å². The van der Waals surface area contributed by atoms with Gasteiger partial charge in [0.05, 0.1) is 0 Å². The number of benzene rings is 1. The van der Waals surface area contributed by atoms with E-state index in [1.54, 1.807) is 0 Å². The van der Waals surface area contributed by atoms with Crippen molar-refractivity contribution in [2.45, 2.75) is 25.7 Å². The highest BCUT2D eigenvalue weighted by Crippen LogP contribution is 2.32. The molecule has 0 atom stereocenters. The van der Waals surface area contributed by atoms with E-state index in [1.807, 2.05) is 30.3 Å². The summed E-state index contributed by atoms with van der Waals surface area (Å²) in [4.78, 5) is 11.5. The molecular weight excluding hydrogens is 160 g/mol. The number of rotatable bonds is 4. The van der Waals surface area contributed by atoms with Crippen molar-refractivity contribution in [1.82, 2.24) is 0 Å². The molecule has 1 nitrogen and oxygen atoms in total. The summed E-state index contributed by atoms with van der Waals surface area (Å²) in [6.07, 6.45) is 3.95. The van der Waals surface area contributed by atoms with E-state index in [1.165, 1.54) is 12.8 Å². The van der Waals surface area contributed by atoms with Crippen LogP contribution in [0, 0.1) is 5.92 Å². The summed E-state index contributed by atoms with van der Waals surface area (Å²) in [6.45, 7) is 0. The smallest absolute Gasteiger partial charge is 0.137 e. The maximum absolute atomic E-state index is 11.5. The maximum atomic E-state index is 11.5. The quantitative estimate of drug-likeness (QED) is 0.685. The van der Waals surface area contributed by atoms with Gasteiger partial charge in [-0.2, -0.15) is 0 Å². The van der Waals surface area contributed by atoms with Gasteiger partial charge in [-0.15, -0.1) is 0 Å². The minimum atomic E-state index is 0.397. The monoisotopic (exact) mass is 174 g/mol. The van der Waals surface area contributed by atoms with Crippen LogP contribution in [0.25, 0.3) is 0 Å². The highest BCUT2D eigenvalue weighted by Gasteiger charge is 2.23. The molecule has 1 heteroatoms. The Morgan fingerprint density at radius 2 is 1.92 bits per heavy atom. The molecule has 0 bridgehead atoms. The van der Waals surface area contributed by atoms with E-state index in [-0.39, 0.29) is 0 Å². The molecule has 0 aliphatic heterocycles. The minimum Gasteiger partial charge on any atom is -0.299 e. The van der Waals surface area contributed by atoms with Crippen molar-refractivity contribution in [2.75, 3.05) is 0 Å². The fraction of sp³-hybridized carbons (Fsp3) is 0.417. The second kappa shape index (κ2) is 3.73. The first-order valence-corrected chi connectivity index (χ1v) is 4.90.